The minimum atomic E-state index is -1.95. The van der Waals surface area contributed by atoms with E-state index in [0.29, 0.717) is 0 Å². The quantitative estimate of drug-likeness (QED) is 0.692. The fourth-order valence-corrected chi connectivity index (χ4v) is 5.98. The van der Waals surface area contributed by atoms with Crippen LogP contribution in [0.5, 0.6) is 0 Å². The smallest absolute Gasteiger partial charge is 0.252 e. The van der Waals surface area contributed by atoms with E-state index in [0.717, 1.165) is 6.42 Å². The molecule has 1 heterocycles. The molecular weight excluding hydrogens is 224 g/mol. The highest BCUT2D eigenvalue weighted by Gasteiger charge is 2.39. The molecule has 0 unspecified atom stereocenters. The molecule has 3 rings (SSSR count). The Balaban J connectivity index is 2.28. The van der Waals surface area contributed by atoms with Crippen LogP contribution in [0.25, 0.3) is 0 Å². The normalized spacial score (nSPS) is 16.1. The molecule has 0 amide bonds. The van der Waals surface area contributed by atoms with Gasteiger partial charge >= 0.3 is 0 Å². The molecule has 0 aromatic heterocycles. The van der Waals surface area contributed by atoms with E-state index in [1.807, 2.05) is 7.11 Å². The van der Waals surface area contributed by atoms with E-state index in [1.165, 1.54) is 21.5 Å². The second-order valence-corrected chi connectivity index (χ2v) is 8.28. The molecule has 2 aromatic rings. The van der Waals surface area contributed by atoms with Gasteiger partial charge in [0, 0.05) is 7.11 Å². The van der Waals surface area contributed by atoms with E-state index in [9.17, 15) is 0 Å². The number of hydrogen-bond donors (Lipinski definition) is 0. The van der Waals surface area contributed by atoms with Crippen LogP contribution >= 0.6 is 0 Å². The molecule has 86 valence electrons. The molecular formula is C15H16OSi. The molecule has 0 atom stereocenters. The summed E-state index contributed by atoms with van der Waals surface area (Å²) in [5.41, 5.74) is 2.87. The van der Waals surface area contributed by atoms with E-state index in [-0.39, 0.29) is 0 Å². The van der Waals surface area contributed by atoms with Gasteiger partial charge < -0.3 is 4.43 Å². The average molecular weight is 240 g/mol. The van der Waals surface area contributed by atoms with Gasteiger partial charge in [0.2, 0.25) is 0 Å². The second kappa shape index (κ2) is 3.83. The Bertz CT molecular complexity index is 517. The highest BCUT2D eigenvalue weighted by molar-refractivity contribution is 6.97. The summed E-state index contributed by atoms with van der Waals surface area (Å²) in [6.45, 7) is 2.30. The highest BCUT2D eigenvalue weighted by Crippen LogP contribution is 2.19. The van der Waals surface area contributed by atoms with Crippen molar-refractivity contribution in [2.75, 3.05) is 7.11 Å². The number of benzene rings is 2. The minimum Gasteiger partial charge on any atom is -0.411 e. The minimum absolute atomic E-state index is 1.04. The van der Waals surface area contributed by atoms with Crippen molar-refractivity contribution >= 4 is 18.7 Å². The first-order valence-electron chi connectivity index (χ1n) is 5.97. The number of rotatable bonds is 1. The first-order valence-corrected chi connectivity index (χ1v) is 8.38. The summed E-state index contributed by atoms with van der Waals surface area (Å²) in [5.74, 6) is 0. The predicted molar refractivity (Wildman–Crippen MR) is 73.6 cm³/mol. The Hall–Kier alpha value is -1.38. The predicted octanol–water partition coefficient (Wildman–Crippen LogP) is 1.93. The summed E-state index contributed by atoms with van der Waals surface area (Å²) in [6.07, 6.45) is 1.04. The van der Waals surface area contributed by atoms with Crippen LogP contribution in [0, 0.1) is 0 Å². The van der Waals surface area contributed by atoms with Gasteiger partial charge in [-0.05, 0) is 34.5 Å². The third-order valence-electron chi connectivity index (χ3n) is 3.85. The molecule has 0 radical (unpaired) electrons. The fourth-order valence-electron chi connectivity index (χ4n) is 2.85. The van der Waals surface area contributed by atoms with Crippen LogP contribution < -0.4 is 10.4 Å². The monoisotopic (exact) mass is 240 g/mol. The lowest BCUT2D eigenvalue weighted by atomic mass is 10.0. The van der Waals surface area contributed by atoms with Crippen LogP contribution in [0.3, 0.4) is 0 Å². The lowest BCUT2D eigenvalue weighted by Gasteiger charge is -2.34. The summed E-state index contributed by atoms with van der Waals surface area (Å²) < 4.78 is 5.97. The first-order chi connectivity index (χ1) is 8.25. The Morgan fingerprint density at radius 3 is 1.82 bits per heavy atom. The summed E-state index contributed by atoms with van der Waals surface area (Å²) in [5, 5.41) is 2.86. The molecule has 17 heavy (non-hydrogen) atoms. The number of hydrogen-bond acceptors (Lipinski definition) is 1. The lowest BCUT2D eigenvalue weighted by Crippen LogP contribution is -2.62. The van der Waals surface area contributed by atoms with Gasteiger partial charge in [0.25, 0.3) is 8.32 Å². The summed E-state index contributed by atoms with van der Waals surface area (Å²) >= 11 is 0. The standard InChI is InChI=1S/C15H16OSi/c1-16-17(2)14-9-5-3-7-12(14)11-13-8-4-6-10-15(13)17/h3-10H,11H2,1-2H3. The maximum absolute atomic E-state index is 5.97. The molecule has 1 aliphatic heterocycles. The van der Waals surface area contributed by atoms with Crippen LogP contribution in [0.1, 0.15) is 11.1 Å². The van der Waals surface area contributed by atoms with Crippen molar-refractivity contribution in [1.29, 1.82) is 0 Å². The van der Waals surface area contributed by atoms with Crippen molar-refractivity contribution < 1.29 is 4.43 Å². The van der Waals surface area contributed by atoms with Gasteiger partial charge in [-0.2, -0.15) is 0 Å². The van der Waals surface area contributed by atoms with E-state index in [4.69, 9.17) is 4.43 Å². The third-order valence-corrected chi connectivity index (χ3v) is 7.70. The molecule has 2 aromatic carbocycles. The Morgan fingerprint density at radius 1 is 0.882 bits per heavy atom. The van der Waals surface area contributed by atoms with Gasteiger partial charge in [-0.15, -0.1) is 0 Å². The Kier molecular flexibility index (Phi) is 2.42. The fraction of sp³-hybridized carbons (Fsp3) is 0.200. The van der Waals surface area contributed by atoms with Crippen LogP contribution in [0.15, 0.2) is 48.5 Å². The zero-order chi connectivity index (χ0) is 11.9. The van der Waals surface area contributed by atoms with Crippen molar-refractivity contribution in [2.45, 2.75) is 13.0 Å². The summed E-state index contributed by atoms with van der Waals surface area (Å²) in [7, 11) is -0.0996. The van der Waals surface area contributed by atoms with Crippen molar-refractivity contribution in [2.24, 2.45) is 0 Å². The third kappa shape index (κ3) is 1.48. The molecule has 0 spiro atoms. The van der Waals surface area contributed by atoms with Gasteiger partial charge in [-0.1, -0.05) is 48.5 Å². The maximum atomic E-state index is 5.97. The van der Waals surface area contributed by atoms with Gasteiger partial charge in [-0.3, -0.25) is 0 Å². The van der Waals surface area contributed by atoms with Gasteiger partial charge in [-0.25, -0.2) is 0 Å². The molecule has 0 bridgehead atoms. The first kappa shape index (κ1) is 10.8. The summed E-state index contributed by atoms with van der Waals surface area (Å²) in [4.78, 5) is 0. The SMILES string of the molecule is CO[Si]1(C)c2ccccc2Cc2ccccc21. The molecule has 1 aliphatic rings. The van der Waals surface area contributed by atoms with E-state index in [2.05, 4.69) is 55.1 Å². The molecule has 2 heteroatoms. The van der Waals surface area contributed by atoms with Crippen molar-refractivity contribution in [3.63, 3.8) is 0 Å². The van der Waals surface area contributed by atoms with E-state index in [1.54, 1.807) is 0 Å². The van der Waals surface area contributed by atoms with E-state index >= 15 is 0 Å². The largest absolute Gasteiger partial charge is 0.411 e. The molecule has 0 saturated carbocycles. The topological polar surface area (TPSA) is 9.23 Å². The maximum Gasteiger partial charge on any atom is 0.252 e. The molecule has 0 saturated heterocycles. The van der Waals surface area contributed by atoms with Gasteiger partial charge in [0.1, 0.15) is 0 Å². The Labute approximate surface area is 103 Å². The molecule has 0 aliphatic carbocycles. The highest BCUT2D eigenvalue weighted by atomic mass is 28.4. The molecule has 0 fully saturated rings. The average Bonchev–Trinajstić information content (AvgIpc) is 2.39. The number of fused-ring (bicyclic) bond motifs is 2. The Morgan fingerprint density at radius 2 is 1.35 bits per heavy atom. The second-order valence-electron chi connectivity index (χ2n) is 4.73. The van der Waals surface area contributed by atoms with Crippen molar-refractivity contribution in [3.8, 4) is 0 Å². The molecule has 1 nitrogen and oxygen atoms in total. The van der Waals surface area contributed by atoms with Crippen LogP contribution in [-0.2, 0) is 10.8 Å². The van der Waals surface area contributed by atoms with Crippen LogP contribution in [0.2, 0.25) is 6.55 Å². The summed E-state index contributed by atoms with van der Waals surface area (Å²) in [6, 6.07) is 17.4. The molecule has 0 N–H and O–H groups in total. The van der Waals surface area contributed by atoms with E-state index < -0.39 is 8.32 Å². The van der Waals surface area contributed by atoms with Gasteiger partial charge in [0.05, 0.1) is 0 Å². The zero-order valence-electron chi connectivity index (χ0n) is 10.2. The lowest BCUT2D eigenvalue weighted by molar-refractivity contribution is 0.420. The van der Waals surface area contributed by atoms with Crippen LogP contribution in [-0.4, -0.2) is 15.4 Å². The van der Waals surface area contributed by atoms with Gasteiger partial charge in [0.15, 0.2) is 0 Å². The van der Waals surface area contributed by atoms with Crippen LogP contribution in [0.4, 0.5) is 0 Å². The van der Waals surface area contributed by atoms with Crippen molar-refractivity contribution in [1.82, 2.24) is 0 Å². The zero-order valence-corrected chi connectivity index (χ0v) is 11.2. The van der Waals surface area contributed by atoms with Crippen molar-refractivity contribution in [3.05, 3.63) is 59.7 Å².